The summed E-state index contributed by atoms with van der Waals surface area (Å²) in [6.45, 7) is 2.74. The molecule has 0 radical (unpaired) electrons. The van der Waals surface area contributed by atoms with Gasteiger partial charge in [0.05, 0.1) is 34.4 Å². The third-order valence-corrected chi connectivity index (χ3v) is 3.78. The highest BCUT2D eigenvalue weighted by Crippen LogP contribution is 2.19. The van der Waals surface area contributed by atoms with E-state index in [0.29, 0.717) is 6.54 Å². The number of aromatic nitrogens is 2. The molecule has 2 N–H and O–H groups in total. The van der Waals surface area contributed by atoms with Gasteiger partial charge in [-0.1, -0.05) is 12.1 Å². The quantitative estimate of drug-likeness (QED) is 0.769. The Bertz CT molecular complexity index is 656. The second-order valence-electron chi connectivity index (χ2n) is 4.43. The van der Waals surface area contributed by atoms with Gasteiger partial charge in [0.1, 0.15) is 11.6 Å². The number of para-hydroxylation sites is 2. The summed E-state index contributed by atoms with van der Waals surface area (Å²) in [5, 5.41) is 3.39. The molecule has 0 bridgehead atoms. The maximum atomic E-state index is 5.37. The Morgan fingerprint density at radius 3 is 2.95 bits per heavy atom. The van der Waals surface area contributed by atoms with Gasteiger partial charge in [-0.05, 0) is 41.1 Å². The molecule has 1 aromatic carbocycles. The van der Waals surface area contributed by atoms with E-state index in [1.54, 1.807) is 6.26 Å². The number of benzene rings is 1. The minimum atomic E-state index is 0.129. The van der Waals surface area contributed by atoms with Crippen molar-refractivity contribution in [2.75, 3.05) is 0 Å². The Labute approximate surface area is 119 Å². The van der Waals surface area contributed by atoms with Crippen molar-refractivity contribution in [3.8, 4) is 0 Å². The third-order valence-electron chi connectivity index (χ3n) is 3.08. The lowest BCUT2D eigenvalue weighted by molar-refractivity contribution is 0.453. The van der Waals surface area contributed by atoms with E-state index in [9.17, 15) is 0 Å². The first-order valence-electron chi connectivity index (χ1n) is 6.14. The first-order chi connectivity index (χ1) is 9.24. The average Bonchev–Trinajstić information content (AvgIpc) is 3.01. The van der Waals surface area contributed by atoms with Gasteiger partial charge < -0.3 is 14.7 Å². The van der Waals surface area contributed by atoms with Crippen molar-refractivity contribution < 1.29 is 4.42 Å². The molecule has 0 aliphatic heterocycles. The Hall–Kier alpha value is -1.59. The average molecular weight is 320 g/mol. The predicted molar refractivity (Wildman–Crippen MR) is 77.8 cm³/mol. The van der Waals surface area contributed by atoms with Gasteiger partial charge in [0.2, 0.25) is 0 Å². The first-order valence-corrected chi connectivity index (χ1v) is 6.93. The smallest absolute Gasteiger partial charge is 0.131 e. The molecule has 98 valence electrons. The predicted octanol–water partition coefficient (Wildman–Crippen LogP) is 3.77. The zero-order chi connectivity index (χ0) is 13.2. The van der Waals surface area contributed by atoms with Crippen LogP contribution in [0.3, 0.4) is 0 Å². The number of rotatable bonds is 4. The molecule has 1 unspecified atom stereocenters. The molecule has 0 aliphatic carbocycles. The lowest BCUT2D eigenvalue weighted by Gasteiger charge is -2.09. The van der Waals surface area contributed by atoms with Crippen LogP contribution in [-0.4, -0.2) is 9.97 Å². The molecule has 2 aromatic heterocycles. The molecule has 3 rings (SSSR count). The van der Waals surface area contributed by atoms with E-state index in [2.05, 4.69) is 38.1 Å². The van der Waals surface area contributed by atoms with Crippen molar-refractivity contribution in [3.05, 3.63) is 52.7 Å². The fourth-order valence-electron chi connectivity index (χ4n) is 1.97. The number of hydrogen-bond acceptors (Lipinski definition) is 3. The van der Waals surface area contributed by atoms with Gasteiger partial charge in [-0.25, -0.2) is 4.98 Å². The molecule has 0 spiro atoms. The van der Waals surface area contributed by atoms with E-state index < -0.39 is 0 Å². The molecule has 0 saturated carbocycles. The Morgan fingerprint density at radius 1 is 1.37 bits per heavy atom. The Morgan fingerprint density at radius 2 is 2.21 bits per heavy atom. The van der Waals surface area contributed by atoms with E-state index >= 15 is 0 Å². The summed E-state index contributed by atoms with van der Waals surface area (Å²) < 4.78 is 6.35. The zero-order valence-corrected chi connectivity index (χ0v) is 12.1. The molecule has 2 heterocycles. The van der Waals surface area contributed by atoms with Crippen LogP contribution in [0.5, 0.6) is 0 Å². The molecule has 0 aliphatic rings. The van der Waals surface area contributed by atoms with E-state index in [0.717, 1.165) is 27.1 Å². The fourth-order valence-corrected chi connectivity index (χ4v) is 2.31. The van der Waals surface area contributed by atoms with Gasteiger partial charge in [0.25, 0.3) is 0 Å². The number of hydrogen-bond donors (Lipinski definition) is 2. The molecule has 3 aromatic rings. The monoisotopic (exact) mass is 319 g/mol. The topological polar surface area (TPSA) is 53.9 Å². The van der Waals surface area contributed by atoms with Crippen LogP contribution in [0.25, 0.3) is 11.0 Å². The maximum absolute atomic E-state index is 5.37. The van der Waals surface area contributed by atoms with Crippen molar-refractivity contribution in [1.82, 2.24) is 15.3 Å². The number of furan rings is 1. The SMILES string of the molecule is CC(NCc1occc1Br)c1nc2ccccc2[nH]1. The maximum Gasteiger partial charge on any atom is 0.131 e. The highest BCUT2D eigenvalue weighted by Gasteiger charge is 2.11. The van der Waals surface area contributed by atoms with Gasteiger partial charge in [-0.15, -0.1) is 0 Å². The molecule has 5 heteroatoms. The summed E-state index contributed by atoms with van der Waals surface area (Å²) in [6, 6.07) is 10.0. The second-order valence-corrected chi connectivity index (χ2v) is 5.29. The minimum absolute atomic E-state index is 0.129. The van der Waals surface area contributed by atoms with Gasteiger partial charge in [0.15, 0.2) is 0 Å². The summed E-state index contributed by atoms with van der Waals surface area (Å²) in [7, 11) is 0. The van der Waals surface area contributed by atoms with Crippen molar-refractivity contribution in [2.24, 2.45) is 0 Å². The number of nitrogens with one attached hydrogen (secondary N) is 2. The minimum Gasteiger partial charge on any atom is -0.467 e. The van der Waals surface area contributed by atoms with Crippen molar-refractivity contribution in [1.29, 1.82) is 0 Å². The molecule has 0 fully saturated rings. The third kappa shape index (κ3) is 2.57. The second kappa shape index (κ2) is 5.19. The molecular weight excluding hydrogens is 306 g/mol. The number of imidazole rings is 1. The fraction of sp³-hybridized carbons (Fsp3) is 0.214. The van der Waals surface area contributed by atoms with Crippen LogP contribution in [0, 0.1) is 0 Å². The molecular formula is C14H14BrN3O. The van der Waals surface area contributed by atoms with Gasteiger partial charge in [0, 0.05) is 0 Å². The van der Waals surface area contributed by atoms with Gasteiger partial charge in [-0.2, -0.15) is 0 Å². The normalized spacial score (nSPS) is 12.9. The first kappa shape index (κ1) is 12.4. The van der Waals surface area contributed by atoms with E-state index in [4.69, 9.17) is 4.42 Å². The van der Waals surface area contributed by atoms with Crippen LogP contribution in [0.1, 0.15) is 24.6 Å². The standard InChI is InChI=1S/C14H14BrN3O/c1-9(16-8-13-10(15)6-7-19-13)14-17-11-4-2-3-5-12(11)18-14/h2-7,9,16H,8H2,1H3,(H,17,18). The van der Waals surface area contributed by atoms with E-state index in [-0.39, 0.29) is 6.04 Å². The Balaban J connectivity index is 1.73. The van der Waals surface area contributed by atoms with Crippen LogP contribution in [0.2, 0.25) is 0 Å². The number of aromatic amines is 1. The summed E-state index contributed by atoms with van der Waals surface area (Å²) in [5.41, 5.74) is 2.05. The summed E-state index contributed by atoms with van der Waals surface area (Å²) in [4.78, 5) is 7.90. The highest BCUT2D eigenvalue weighted by atomic mass is 79.9. The van der Waals surface area contributed by atoms with Crippen LogP contribution < -0.4 is 5.32 Å². The van der Waals surface area contributed by atoms with Crippen LogP contribution in [0.4, 0.5) is 0 Å². The van der Waals surface area contributed by atoms with E-state index in [1.807, 2.05) is 30.3 Å². The van der Waals surface area contributed by atoms with Crippen molar-refractivity contribution >= 4 is 27.0 Å². The lowest BCUT2D eigenvalue weighted by Crippen LogP contribution is -2.19. The number of nitrogens with zero attached hydrogens (tertiary/aromatic N) is 1. The van der Waals surface area contributed by atoms with Crippen LogP contribution in [0.15, 0.2) is 45.5 Å². The summed E-state index contributed by atoms with van der Waals surface area (Å²) in [6.07, 6.45) is 1.67. The van der Waals surface area contributed by atoms with Gasteiger partial charge in [-0.3, -0.25) is 0 Å². The number of fused-ring (bicyclic) bond motifs is 1. The molecule has 1 atom stereocenters. The molecule has 0 amide bonds. The lowest BCUT2D eigenvalue weighted by atomic mass is 10.3. The number of H-pyrrole nitrogens is 1. The highest BCUT2D eigenvalue weighted by molar-refractivity contribution is 9.10. The summed E-state index contributed by atoms with van der Waals surface area (Å²) >= 11 is 3.44. The van der Waals surface area contributed by atoms with Gasteiger partial charge >= 0.3 is 0 Å². The summed E-state index contributed by atoms with van der Waals surface area (Å²) in [5.74, 6) is 1.83. The van der Waals surface area contributed by atoms with Crippen LogP contribution >= 0.6 is 15.9 Å². The molecule has 0 saturated heterocycles. The molecule has 19 heavy (non-hydrogen) atoms. The largest absolute Gasteiger partial charge is 0.467 e. The molecule has 4 nitrogen and oxygen atoms in total. The van der Waals surface area contributed by atoms with Crippen molar-refractivity contribution in [2.45, 2.75) is 19.5 Å². The van der Waals surface area contributed by atoms with E-state index in [1.165, 1.54) is 0 Å². The van der Waals surface area contributed by atoms with Crippen molar-refractivity contribution in [3.63, 3.8) is 0 Å². The Kier molecular flexibility index (Phi) is 3.40. The zero-order valence-electron chi connectivity index (χ0n) is 10.5. The van der Waals surface area contributed by atoms with Crippen LogP contribution in [-0.2, 0) is 6.54 Å². The number of halogens is 1.